The lowest BCUT2D eigenvalue weighted by Crippen LogP contribution is -1.98. The molecule has 1 unspecified atom stereocenters. The highest BCUT2D eigenvalue weighted by Gasteiger charge is 2.11. The zero-order valence-corrected chi connectivity index (χ0v) is 8.20. The topological polar surface area (TPSA) is 54.5 Å². The number of hydrogen-bond donors (Lipinski definition) is 1. The van der Waals surface area contributed by atoms with Crippen molar-refractivity contribution in [2.45, 2.75) is 39.0 Å². The molecule has 0 fully saturated rings. The molecule has 13 heavy (non-hydrogen) atoms. The Labute approximate surface area is 78.4 Å². The van der Waals surface area contributed by atoms with E-state index in [2.05, 4.69) is 46.6 Å². The van der Waals surface area contributed by atoms with Crippen molar-refractivity contribution in [3.05, 3.63) is 18.0 Å². The van der Waals surface area contributed by atoms with E-state index in [9.17, 15) is 0 Å². The molecule has 4 nitrogen and oxygen atoms in total. The van der Waals surface area contributed by atoms with Gasteiger partial charge in [0.05, 0.1) is 0 Å². The van der Waals surface area contributed by atoms with E-state index < -0.39 is 0 Å². The fourth-order valence-electron chi connectivity index (χ4n) is 1.22. The summed E-state index contributed by atoms with van der Waals surface area (Å²) < 4.78 is 0. The maximum absolute atomic E-state index is 3.99. The molecule has 0 saturated heterocycles. The monoisotopic (exact) mass is 180 g/mol. The first-order valence-corrected chi connectivity index (χ1v) is 4.76. The Morgan fingerprint density at radius 3 is 2.77 bits per heavy atom. The van der Waals surface area contributed by atoms with E-state index in [0.29, 0.717) is 5.92 Å². The van der Waals surface area contributed by atoms with Crippen LogP contribution in [0.3, 0.4) is 0 Å². The minimum Gasteiger partial charge on any atom is -0.177 e. The van der Waals surface area contributed by atoms with Crippen molar-refractivity contribution in [2.75, 3.05) is 0 Å². The summed E-state index contributed by atoms with van der Waals surface area (Å²) in [7, 11) is 0. The van der Waals surface area contributed by atoms with Gasteiger partial charge in [-0.05, 0) is 19.3 Å². The van der Waals surface area contributed by atoms with Crippen molar-refractivity contribution < 1.29 is 0 Å². The van der Waals surface area contributed by atoms with Crippen LogP contribution < -0.4 is 0 Å². The molecule has 1 atom stereocenters. The molecule has 0 aliphatic heterocycles. The summed E-state index contributed by atoms with van der Waals surface area (Å²) >= 11 is 0. The van der Waals surface area contributed by atoms with Gasteiger partial charge in [0.2, 0.25) is 0 Å². The highest BCUT2D eigenvalue weighted by molar-refractivity contribution is 4.95. The van der Waals surface area contributed by atoms with Crippen LogP contribution in [0.1, 0.15) is 44.9 Å². The van der Waals surface area contributed by atoms with Crippen molar-refractivity contribution in [2.24, 2.45) is 0 Å². The highest BCUT2D eigenvalue weighted by Crippen LogP contribution is 2.18. The Kier molecular flexibility index (Phi) is 4.15. The van der Waals surface area contributed by atoms with Gasteiger partial charge in [0.25, 0.3) is 0 Å². The first-order chi connectivity index (χ1) is 6.38. The molecule has 1 aromatic heterocycles. The lowest BCUT2D eigenvalue weighted by atomic mass is 10.0. The maximum atomic E-state index is 3.99. The summed E-state index contributed by atoms with van der Waals surface area (Å²) in [5, 5.41) is 14.0. The largest absolute Gasteiger partial charge is 0.177 e. The molecule has 0 bridgehead atoms. The zero-order valence-electron chi connectivity index (χ0n) is 8.20. The molecule has 1 N–H and O–H groups in total. The van der Waals surface area contributed by atoms with Gasteiger partial charge in [0, 0.05) is 5.92 Å². The number of aromatic nitrogens is 4. The number of rotatable bonds is 5. The molecule has 1 heterocycles. The van der Waals surface area contributed by atoms with Gasteiger partial charge in [-0.2, -0.15) is 5.21 Å². The Morgan fingerprint density at radius 2 is 2.23 bits per heavy atom. The van der Waals surface area contributed by atoms with Crippen molar-refractivity contribution in [3.63, 3.8) is 0 Å². The van der Waals surface area contributed by atoms with E-state index >= 15 is 0 Å². The third-order valence-corrected chi connectivity index (χ3v) is 2.04. The molecule has 1 aromatic rings. The van der Waals surface area contributed by atoms with Crippen LogP contribution in [0.5, 0.6) is 0 Å². The molecule has 0 aliphatic carbocycles. The van der Waals surface area contributed by atoms with E-state index in [0.717, 1.165) is 25.1 Å². The van der Waals surface area contributed by atoms with E-state index in [1.165, 1.54) is 0 Å². The predicted octanol–water partition coefficient (Wildman–Crippen LogP) is 2.05. The lowest BCUT2D eigenvalue weighted by Gasteiger charge is -2.05. The maximum Gasteiger partial charge on any atom is 0.177 e. The van der Waals surface area contributed by atoms with E-state index in [1.54, 1.807) is 0 Å². The number of tetrazole rings is 1. The quantitative estimate of drug-likeness (QED) is 0.705. The van der Waals surface area contributed by atoms with Crippen molar-refractivity contribution >= 4 is 0 Å². The fraction of sp³-hybridized carbons (Fsp3) is 0.667. The van der Waals surface area contributed by atoms with Crippen LogP contribution in [-0.4, -0.2) is 20.6 Å². The van der Waals surface area contributed by atoms with Crippen molar-refractivity contribution in [1.29, 1.82) is 0 Å². The number of nitrogens with one attached hydrogen (secondary N) is 1. The Morgan fingerprint density at radius 1 is 1.38 bits per heavy atom. The third-order valence-electron chi connectivity index (χ3n) is 2.04. The number of aromatic amines is 1. The molecule has 72 valence electrons. The lowest BCUT2D eigenvalue weighted by molar-refractivity contribution is 0.629. The summed E-state index contributed by atoms with van der Waals surface area (Å²) in [6.45, 7) is 4.27. The average Bonchev–Trinajstić information content (AvgIpc) is 2.65. The second-order valence-corrected chi connectivity index (χ2v) is 2.99. The van der Waals surface area contributed by atoms with Gasteiger partial charge in [-0.15, -0.1) is 10.2 Å². The van der Waals surface area contributed by atoms with Crippen LogP contribution in [0.25, 0.3) is 0 Å². The fourth-order valence-corrected chi connectivity index (χ4v) is 1.22. The molecule has 0 saturated carbocycles. The van der Waals surface area contributed by atoms with Gasteiger partial charge >= 0.3 is 0 Å². The van der Waals surface area contributed by atoms with Gasteiger partial charge in [-0.3, -0.25) is 0 Å². The predicted molar refractivity (Wildman–Crippen MR) is 51.3 cm³/mol. The smallest absolute Gasteiger partial charge is 0.177 e. The molecule has 0 spiro atoms. The normalized spacial score (nSPS) is 13.7. The van der Waals surface area contributed by atoms with E-state index in [1.807, 2.05) is 0 Å². The minimum absolute atomic E-state index is 0.404. The second kappa shape index (κ2) is 5.45. The Hall–Kier alpha value is -1.19. The van der Waals surface area contributed by atoms with Crippen LogP contribution in [0, 0.1) is 0 Å². The highest BCUT2D eigenvalue weighted by atomic mass is 15.5. The van der Waals surface area contributed by atoms with Gasteiger partial charge in [0.15, 0.2) is 5.82 Å². The van der Waals surface area contributed by atoms with Gasteiger partial charge < -0.3 is 0 Å². The molecular formula is C9H16N4. The molecule has 0 amide bonds. The SMILES string of the molecule is CC/C=C/CC(CC)c1nn[nH]n1. The zero-order chi connectivity index (χ0) is 9.52. The molecule has 0 aliphatic rings. The van der Waals surface area contributed by atoms with Crippen LogP contribution in [0.2, 0.25) is 0 Å². The molecule has 0 aromatic carbocycles. The van der Waals surface area contributed by atoms with E-state index in [4.69, 9.17) is 0 Å². The molecule has 1 rings (SSSR count). The second-order valence-electron chi connectivity index (χ2n) is 2.99. The summed E-state index contributed by atoms with van der Waals surface area (Å²) in [4.78, 5) is 0. The van der Waals surface area contributed by atoms with Gasteiger partial charge in [-0.25, -0.2) is 0 Å². The minimum atomic E-state index is 0.404. The first-order valence-electron chi connectivity index (χ1n) is 4.76. The summed E-state index contributed by atoms with van der Waals surface area (Å²) in [5.41, 5.74) is 0. The van der Waals surface area contributed by atoms with Crippen molar-refractivity contribution in [3.8, 4) is 0 Å². The van der Waals surface area contributed by atoms with Crippen LogP contribution in [-0.2, 0) is 0 Å². The number of H-pyrrole nitrogens is 1. The van der Waals surface area contributed by atoms with Crippen molar-refractivity contribution in [1.82, 2.24) is 20.6 Å². The summed E-state index contributed by atoms with van der Waals surface area (Å²) in [6.07, 6.45) is 7.49. The standard InChI is InChI=1S/C9H16N4/c1-3-5-6-7-8(4-2)9-10-12-13-11-9/h5-6,8H,3-4,7H2,1-2H3,(H,10,11,12,13)/b6-5+. The van der Waals surface area contributed by atoms with E-state index in [-0.39, 0.29) is 0 Å². The number of hydrogen-bond acceptors (Lipinski definition) is 3. The van der Waals surface area contributed by atoms with Crippen LogP contribution in [0.15, 0.2) is 12.2 Å². The molecule has 0 radical (unpaired) electrons. The summed E-state index contributed by atoms with van der Waals surface area (Å²) in [5.74, 6) is 1.23. The molecular weight excluding hydrogens is 164 g/mol. The Balaban J connectivity index is 2.49. The molecule has 4 heteroatoms. The van der Waals surface area contributed by atoms with Gasteiger partial charge in [-0.1, -0.05) is 31.2 Å². The third kappa shape index (κ3) is 2.97. The van der Waals surface area contributed by atoms with Crippen LogP contribution >= 0.6 is 0 Å². The average molecular weight is 180 g/mol. The van der Waals surface area contributed by atoms with Crippen LogP contribution in [0.4, 0.5) is 0 Å². The Bertz CT molecular complexity index is 240. The summed E-state index contributed by atoms with van der Waals surface area (Å²) in [6, 6.07) is 0. The van der Waals surface area contributed by atoms with Gasteiger partial charge in [0.1, 0.15) is 0 Å². The number of allylic oxidation sites excluding steroid dienone is 2. The number of nitrogens with zero attached hydrogens (tertiary/aromatic N) is 3. The first kappa shape index (κ1) is 9.89.